The molecule has 1 unspecified atom stereocenters. The quantitative estimate of drug-likeness (QED) is 0.641. The molecule has 148 valence electrons. The van der Waals surface area contributed by atoms with Crippen LogP contribution in [-0.4, -0.2) is 54.1 Å². The Kier molecular flexibility index (Phi) is 7.29. The van der Waals surface area contributed by atoms with Gasteiger partial charge in [0.05, 0.1) is 11.5 Å². The topological polar surface area (TPSA) is 95.9 Å². The Morgan fingerprint density at radius 2 is 2.11 bits per heavy atom. The van der Waals surface area contributed by atoms with Gasteiger partial charge in [-0.3, -0.25) is 14.4 Å². The molecule has 1 aliphatic rings. The molecule has 2 rings (SSSR count). The molecule has 27 heavy (non-hydrogen) atoms. The third-order valence-corrected chi connectivity index (χ3v) is 4.44. The Morgan fingerprint density at radius 1 is 1.37 bits per heavy atom. The predicted octanol–water partition coefficient (Wildman–Crippen LogP) is 2.30. The van der Waals surface area contributed by atoms with E-state index in [-0.39, 0.29) is 31.0 Å². The van der Waals surface area contributed by atoms with E-state index in [2.05, 4.69) is 5.32 Å². The third kappa shape index (κ3) is 5.50. The Balaban J connectivity index is 2.22. The van der Waals surface area contributed by atoms with Crippen molar-refractivity contribution in [2.24, 2.45) is 5.92 Å². The number of anilines is 1. The summed E-state index contributed by atoms with van der Waals surface area (Å²) in [5, 5.41) is 11.7. The molecule has 0 radical (unpaired) electrons. The van der Waals surface area contributed by atoms with Crippen LogP contribution in [0.4, 0.5) is 10.1 Å². The number of rotatable bonds is 9. The monoisotopic (exact) mass is 380 g/mol. The summed E-state index contributed by atoms with van der Waals surface area (Å²) in [5.74, 6) is -3.28. The van der Waals surface area contributed by atoms with E-state index in [4.69, 9.17) is 9.84 Å². The first-order valence-electron chi connectivity index (χ1n) is 9.05. The molecule has 0 aliphatic carbocycles. The van der Waals surface area contributed by atoms with Crippen molar-refractivity contribution in [2.45, 2.75) is 33.1 Å². The Labute approximate surface area is 157 Å². The van der Waals surface area contributed by atoms with Crippen molar-refractivity contribution in [3.05, 3.63) is 29.1 Å². The van der Waals surface area contributed by atoms with Gasteiger partial charge in [0.15, 0.2) is 0 Å². The summed E-state index contributed by atoms with van der Waals surface area (Å²) in [6.07, 6.45) is 1.23. The molecule has 2 amide bonds. The minimum absolute atomic E-state index is 0.0203. The molecule has 0 fully saturated rings. The van der Waals surface area contributed by atoms with E-state index in [9.17, 15) is 18.8 Å². The number of aliphatic carboxylic acids is 1. The number of nitrogens with one attached hydrogen (secondary N) is 1. The van der Waals surface area contributed by atoms with E-state index in [0.717, 1.165) is 6.07 Å². The number of carboxylic acid groups (broad SMARTS) is 1. The highest BCUT2D eigenvalue weighted by Gasteiger charge is 2.26. The maximum atomic E-state index is 14.5. The average molecular weight is 380 g/mol. The van der Waals surface area contributed by atoms with Gasteiger partial charge in [-0.1, -0.05) is 6.92 Å². The standard InChI is InChI=1S/C19H25FN2O5/c1-3-27-8-4-7-22(11-12(2)19(25)26)18(24)14-9-13-5-6-17(23)21-16(13)10-15(14)20/h9-10,12H,3-8,11H2,1-2H3,(H,21,23)(H,25,26). The number of fused-ring (bicyclic) bond motifs is 1. The number of amides is 2. The van der Waals surface area contributed by atoms with Gasteiger partial charge < -0.3 is 20.1 Å². The lowest BCUT2D eigenvalue weighted by molar-refractivity contribution is -0.141. The van der Waals surface area contributed by atoms with Crippen molar-refractivity contribution in [2.75, 3.05) is 31.6 Å². The largest absolute Gasteiger partial charge is 0.481 e. The highest BCUT2D eigenvalue weighted by atomic mass is 19.1. The van der Waals surface area contributed by atoms with Crippen LogP contribution in [0.5, 0.6) is 0 Å². The van der Waals surface area contributed by atoms with Gasteiger partial charge in [0.1, 0.15) is 5.82 Å². The van der Waals surface area contributed by atoms with Crippen LogP contribution < -0.4 is 5.32 Å². The van der Waals surface area contributed by atoms with Gasteiger partial charge in [0.25, 0.3) is 5.91 Å². The first-order chi connectivity index (χ1) is 12.8. The molecule has 8 heteroatoms. The second-order valence-corrected chi connectivity index (χ2v) is 6.58. The van der Waals surface area contributed by atoms with Crippen LogP contribution >= 0.6 is 0 Å². The van der Waals surface area contributed by atoms with Crippen molar-refractivity contribution < 1.29 is 28.6 Å². The number of halogens is 1. The van der Waals surface area contributed by atoms with Crippen molar-refractivity contribution in [1.82, 2.24) is 4.90 Å². The number of carbonyl (C=O) groups excluding carboxylic acids is 2. The van der Waals surface area contributed by atoms with Crippen LogP contribution in [0.3, 0.4) is 0 Å². The summed E-state index contributed by atoms with van der Waals surface area (Å²) in [6.45, 7) is 4.59. The molecular weight excluding hydrogens is 355 g/mol. The number of nitrogens with zero attached hydrogens (tertiary/aromatic N) is 1. The summed E-state index contributed by atoms with van der Waals surface area (Å²) in [5.41, 5.74) is 0.959. The number of carboxylic acids is 1. The fourth-order valence-corrected chi connectivity index (χ4v) is 2.92. The smallest absolute Gasteiger partial charge is 0.308 e. The zero-order valence-electron chi connectivity index (χ0n) is 15.6. The van der Waals surface area contributed by atoms with E-state index >= 15 is 0 Å². The first-order valence-corrected chi connectivity index (χ1v) is 9.05. The number of hydrogen-bond acceptors (Lipinski definition) is 4. The van der Waals surface area contributed by atoms with E-state index < -0.39 is 23.6 Å². The highest BCUT2D eigenvalue weighted by molar-refractivity contribution is 5.98. The molecule has 1 heterocycles. The van der Waals surface area contributed by atoms with Crippen molar-refractivity contribution in [3.8, 4) is 0 Å². The van der Waals surface area contributed by atoms with Gasteiger partial charge in [0, 0.05) is 38.4 Å². The van der Waals surface area contributed by atoms with Crippen LogP contribution in [-0.2, 0) is 20.7 Å². The van der Waals surface area contributed by atoms with Crippen molar-refractivity contribution in [3.63, 3.8) is 0 Å². The lowest BCUT2D eigenvalue weighted by Gasteiger charge is -2.26. The summed E-state index contributed by atoms with van der Waals surface area (Å²) < 4.78 is 19.8. The third-order valence-electron chi connectivity index (χ3n) is 4.44. The maximum absolute atomic E-state index is 14.5. The molecule has 0 saturated heterocycles. The van der Waals surface area contributed by atoms with Crippen LogP contribution in [0.1, 0.15) is 42.6 Å². The summed E-state index contributed by atoms with van der Waals surface area (Å²) in [7, 11) is 0. The Hall–Kier alpha value is -2.48. The zero-order valence-corrected chi connectivity index (χ0v) is 15.6. The van der Waals surface area contributed by atoms with Crippen LogP contribution in [0, 0.1) is 11.7 Å². The lowest BCUT2D eigenvalue weighted by Crippen LogP contribution is -2.38. The lowest BCUT2D eigenvalue weighted by atomic mass is 9.99. The molecule has 7 nitrogen and oxygen atoms in total. The van der Waals surface area contributed by atoms with Crippen molar-refractivity contribution >= 4 is 23.5 Å². The van der Waals surface area contributed by atoms with E-state index in [1.54, 1.807) is 0 Å². The molecule has 0 spiro atoms. The molecule has 0 bridgehead atoms. The van der Waals surface area contributed by atoms with Gasteiger partial charge in [0.2, 0.25) is 5.91 Å². The van der Waals surface area contributed by atoms with Crippen molar-refractivity contribution in [1.29, 1.82) is 0 Å². The van der Waals surface area contributed by atoms with Crippen LogP contribution in [0.2, 0.25) is 0 Å². The molecule has 0 aromatic heterocycles. The maximum Gasteiger partial charge on any atom is 0.308 e. The number of benzene rings is 1. The number of ether oxygens (including phenoxy) is 1. The normalized spacial score (nSPS) is 14.3. The van der Waals surface area contributed by atoms with Gasteiger partial charge in [-0.25, -0.2) is 4.39 Å². The Morgan fingerprint density at radius 3 is 2.78 bits per heavy atom. The summed E-state index contributed by atoms with van der Waals surface area (Å²) >= 11 is 0. The van der Waals surface area contributed by atoms with Gasteiger partial charge >= 0.3 is 5.97 Å². The molecule has 0 saturated carbocycles. The minimum Gasteiger partial charge on any atom is -0.481 e. The van der Waals surface area contributed by atoms with Gasteiger partial charge in [-0.15, -0.1) is 0 Å². The van der Waals surface area contributed by atoms with Crippen LogP contribution in [0.15, 0.2) is 12.1 Å². The molecule has 1 aromatic carbocycles. The number of aryl methyl sites for hydroxylation is 1. The van der Waals surface area contributed by atoms with Gasteiger partial charge in [-0.2, -0.15) is 0 Å². The first kappa shape index (κ1) is 20.8. The summed E-state index contributed by atoms with van der Waals surface area (Å²) in [4.78, 5) is 36.9. The fraction of sp³-hybridized carbons (Fsp3) is 0.526. The average Bonchev–Trinajstić information content (AvgIpc) is 2.62. The number of hydrogen-bond donors (Lipinski definition) is 2. The van der Waals surface area contributed by atoms with E-state index in [1.165, 1.54) is 17.9 Å². The zero-order chi connectivity index (χ0) is 20.0. The molecule has 1 atom stereocenters. The predicted molar refractivity (Wildman–Crippen MR) is 97.2 cm³/mol. The second kappa shape index (κ2) is 9.45. The summed E-state index contributed by atoms with van der Waals surface area (Å²) in [6, 6.07) is 2.60. The Bertz CT molecular complexity index is 722. The SMILES string of the molecule is CCOCCCN(CC(C)C(=O)O)C(=O)c1cc2c(cc1F)NC(=O)CC2. The molecule has 2 N–H and O–H groups in total. The molecule has 1 aromatic rings. The van der Waals surface area contributed by atoms with E-state index in [1.807, 2.05) is 6.92 Å². The minimum atomic E-state index is -1.02. The van der Waals surface area contributed by atoms with Crippen LogP contribution in [0.25, 0.3) is 0 Å². The number of carbonyl (C=O) groups is 3. The highest BCUT2D eigenvalue weighted by Crippen LogP contribution is 2.26. The van der Waals surface area contributed by atoms with E-state index in [0.29, 0.717) is 37.3 Å². The van der Waals surface area contributed by atoms with Gasteiger partial charge in [-0.05, 0) is 37.5 Å². The molecule has 1 aliphatic heterocycles. The second-order valence-electron chi connectivity index (χ2n) is 6.58. The molecular formula is C19H25FN2O5. The fourth-order valence-electron chi connectivity index (χ4n) is 2.92.